The third-order valence-corrected chi connectivity index (χ3v) is 9.17. The van der Waals surface area contributed by atoms with Crippen LogP contribution < -0.4 is 4.18 Å². The maximum atomic E-state index is 12.7. The van der Waals surface area contributed by atoms with Crippen molar-refractivity contribution < 1.29 is 17.7 Å². The van der Waals surface area contributed by atoms with Crippen LogP contribution >= 0.6 is 11.8 Å². The number of benzene rings is 4. The normalized spacial score (nSPS) is 11.0. The van der Waals surface area contributed by atoms with Gasteiger partial charge in [-0.3, -0.25) is 0 Å². The van der Waals surface area contributed by atoms with Gasteiger partial charge in [-0.15, -0.1) is 0 Å². The molecule has 6 heteroatoms. The van der Waals surface area contributed by atoms with E-state index < -0.39 is 10.1 Å². The highest BCUT2D eigenvalue weighted by molar-refractivity contribution is 7.99. The van der Waals surface area contributed by atoms with E-state index in [9.17, 15) is 13.5 Å². The Morgan fingerprint density at radius 1 is 0.595 bits per heavy atom. The maximum absolute atomic E-state index is 12.7. The Morgan fingerprint density at radius 3 is 1.62 bits per heavy atom. The van der Waals surface area contributed by atoms with E-state index in [1.54, 1.807) is 23.9 Å². The van der Waals surface area contributed by atoms with E-state index >= 15 is 0 Å². The first kappa shape index (κ1) is 33.3. The number of rotatable bonds is 16. The molecule has 0 aliphatic heterocycles. The molecule has 0 unspecified atom stereocenters. The Bertz CT molecular complexity index is 1340. The highest BCUT2D eigenvalue weighted by Gasteiger charge is 2.20. The molecule has 0 atom stereocenters. The zero-order chi connectivity index (χ0) is 29.9. The lowest BCUT2D eigenvalue weighted by Gasteiger charge is -2.11. The van der Waals surface area contributed by atoms with Gasteiger partial charge in [-0.1, -0.05) is 131 Å². The molecule has 0 amide bonds. The number of aryl methyl sites for hydroxylation is 1. The van der Waals surface area contributed by atoms with Gasteiger partial charge in [-0.2, -0.15) is 8.42 Å². The van der Waals surface area contributed by atoms with Gasteiger partial charge in [0, 0.05) is 9.79 Å². The highest BCUT2D eigenvalue weighted by atomic mass is 32.2. The molecule has 0 aliphatic carbocycles. The predicted molar refractivity (Wildman–Crippen MR) is 175 cm³/mol. The number of hydrogen-bond donors (Lipinski definition) is 1. The van der Waals surface area contributed by atoms with Gasteiger partial charge in [-0.05, 0) is 73.0 Å². The third kappa shape index (κ3) is 12.7. The van der Waals surface area contributed by atoms with Gasteiger partial charge in [-0.25, -0.2) is 0 Å². The van der Waals surface area contributed by atoms with Crippen LogP contribution in [-0.2, 0) is 16.5 Å². The van der Waals surface area contributed by atoms with Crippen LogP contribution in [0, 0.1) is 0 Å². The summed E-state index contributed by atoms with van der Waals surface area (Å²) in [7, 11) is -3.90. The van der Waals surface area contributed by atoms with Gasteiger partial charge in [0.15, 0.2) is 0 Å². The van der Waals surface area contributed by atoms with Crippen LogP contribution in [0.5, 0.6) is 11.5 Å². The maximum Gasteiger partial charge on any atom is 0.339 e. The molecule has 1 N–H and O–H groups in total. The van der Waals surface area contributed by atoms with Gasteiger partial charge in [0.05, 0.1) is 0 Å². The predicted octanol–water partition coefficient (Wildman–Crippen LogP) is 10.5. The van der Waals surface area contributed by atoms with Gasteiger partial charge < -0.3 is 9.29 Å². The van der Waals surface area contributed by atoms with Crippen molar-refractivity contribution in [3.63, 3.8) is 0 Å². The molecule has 0 radical (unpaired) electrons. The SMILES string of the molecule is CCCCCCCCCCCCc1ccccc1S(=O)(=O)Oc1ccc(O)cc1.c1ccc(Sc2ccccc2)cc1. The summed E-state index contributed by atoms with van der Waals surface area (Å²) in [6.45, 7) is 2.24. The van der Waals surface area contributed by atoms with Gasteiger partial charge in [0.25, 0.3) is 0 Å². The monoisotopic (exact) mass is 604 g/mol. The van der Waals surface area contributed by atoms with Crippen molar-refractivity contribution in [2.24, 2.45) is 0 Å². The van der Waals surface area contributed by atoms with Crippen LogP contribution in [0.15, 0.2) is 124 Å². The van der Waals surface area contributed by atoms with Gasteiger partial charge >= 0.3 is 10.1 Å². The lowest BCUT2D eigenvalue weighted by molar-refractivity contribution is 0.468. The summed E-state index contributed by atoms with van der Waals surface area (Å²) in [5.41, 5.74) is 0.797. The number of hydrogen-bond acceptors (Lipinski definition) is 5. The zero-order valence-corrected chi connectivity index (χ0v) is 26.3. The van der Waals surface area contributed by atoms with Crippen molar-refractivity contribution in [3.05, 3.63) is 115 Å². The van der Waals surface area contributed by atoms with Crippen LogP contribution in [0.2, 0.25) is 0 Å². The molecule has 4 aromatic carbocycles. The molecule has 0 saturated carbocycles. The first-order chi connectivity index (χ1) is 20.5. The number of phenolic OH excluding ortho intramolecular Hbond substituents is 1. The third-order valence-electron chi connectivity index (χ3n) is 6.81. The Kier molecular flexibility index (Phi) is 15.1. The van der Waals surface area contributed by atoms with E-state index in [4.69, 9.17) is 4.18 Å². The molecule has 0 aromatic heterocycles. The van der Waals surface area contributed by atoms with Crippen molar-refractivity contribution in [1.29, 1.82) is 0 Å². The topological polar surface area (TPSA) is 63.6 Å². The summed E-state index contributed by atoms with van der Waals surface area (Å²) < 4.78 is 30.7. The first-order valence-electron chi connectivity index (χ1n) is 15.1. The molecule has 4 aromatic rings. The van der Waals surface area contributed by atoms with E-state index in [1.165, 1.54) is 85.4 Å². The van der Waals surface area contributed by atoms with E-state index in [1.807, 2.05) is 24.3 Å². The molecule has 0 saturated heterocycles. The summed E-state index contributed by atoms with van der Waals surface area (Å²) in [5, 5.41) is 9.33. The number of unbranched alkanes of at least 4 members (excludes halogenated alkanes) is 9. The molecule has 4 rings (SSSR count). The lowest BCUT2D eigenvalue weighted by Crippen LogP contribution is -2.12. The minimum atomic E-state index is -3.90. The van der Waals surface area contributed by atoms with Gasteiger partial charge in [0.2, 0.25) is 0 Å². The van der Waals surface area contributed by atoms with Crippen molar-refractivity contribution in [2.75, 3.05) is 0 Å². The van der Waals surface area contributed by atoms with Crippen LogP contribution in [0.4, 0.5) is 0 Å². The smallest absolute Gasteiger partial charge is 0.339 e. The molecule has 0 bridgehead atoms. The summed E-state index contributed by atoms with van der Waals surface area (Å²) >= 11 is 1.79. The van der Waals surface area contributed by atoms with E-state index in [2.05, 4.69) is 55.5 Å². The Labute approximate surface area is 257 Å². The Hall–Kier alpha value is -3.22. The number of aromatic hydroxyl groups is 1. The quantitative estimate of drug-likeness (QED) is 0.102. The standard InChI is InChI=1S/C24H34O4S.C12H10S/c1-2-3-4-5-6-7-8-9-10-11-14-21-15-12-13-16-24(21)29(26,27)28-23-19-17-22(25)18-20-23;1-3-7-11(8-4-1)13-12-9-5-2-6-10-12/h12-13,15-20,25H,2-11,14H2,1H3;1-10H. The molecule has 224 valence electrons. The first-order valence-corrected chi connectivity index (χ1v) is 17.3. The fraction of sp³-hybridized carbons (Fsp3) is 0.333. The molecule has 0 fully saturated rings. The van der Waals surface area contributed by atoms with Crippen molar-refractivity contribution >= 4 is 21.9 Å². The van der Waals surface area contributed by atoms with E-state index in [-0.39, 0.29) is 16.4 Å². The molecular formula is C36H44O4S2. The Morgan fingerprint density at radius 2 is 1.07 bits per heavy atom. The average Bonchev–Trinajstić information content (AvgIpc) is 3.01. The van der Waals surface area contributed by atoms with Crippen LogP contribution in [0.3, 0.4) is 0 Å². The lowest BCUT2D eigenvalue weighted by atomic mass is 10.0. The summed E-state index contributed by atoms with van der Waals surface area (Å²) in [4.78, 5) is 2.80. The van der Waals surface area contributed by atoms with Crippen molar-refractivity contribution in [2.45, 2.75) is 92.2 Å². The fourth-order valence-corrected chi connectivity index (χ4v) is 6.59. The second-order valence-corrected chi connectivity index (χ2v) is 13.0. The zero-order valence-electron chi connectivity index (χ0n) is 24.7. The van der Waals surface area contributed by atoms with Crippen LogP contribution in [0.25, 0.3) is 0 Å². The van der Waals surface area contributed by atoms with E-state index in [0.29, 0.717) is 0 Å². The summed E-state index contributed by atoms with van der Waals surface area (Å²) in [6.07, 6.45) is 13.2. The van der Waals surface area contributed by atoms with Crippen molar-refractivity contribution in [1.82, 2.24) is 0 Å². The van der Waals surface area contributed by atoms with E-state index in [0.717, 1.165) is 24.8 Å². The summed E-state index contributed by atoms with van der Waals surface area (Å²) in [5.74, 6) is 0.257. The molecule has 0 aliphatic rings. The largest absolute Gasteiger partial charge is 0.508 e. The minimum absolute atomic E-state index is 0.0658. The van der Waals surface area contributed by atoms with Gasteiger partial charge in [0.1, 0.15) is 16.4 Å². The molecular weight excluding hydrogens is 561 g/mol. The average molecular weight is 605 g/mol. The molecule has 0 heterocycles. The van der Waals surface area contributed by atoms with Crippen LogP contribution in [-0.4, -0.2) is 13.5 Å². The van der Waals surface area contributed by atoms with Crippen LogP contribution in [0.1, 0.15) is 76.7 Å². The minimum Gasteiger partial charge on any atom is -0.508 e. The number of phenols is 1. The summed E-state index contributed by atoms with van der Waals surface area (Å²) in [6, 6.07) is 33.5. The highest BCUT2D eigenvalue weighted by Crippen LogP contribution is 2.27. The molecule has 4 nitrogen and oxygen atoms in total. The Balaban J connectivity index is 0.000000307. The molecule has 0 spiro atoms. The second kappa shape index (κ2) is 19.1. The van der Waals surface area contributed by atoms with Crippen molar-refractivity contribution in [3.8, 4) is 11.5 Å². The second-order valence-electron chi connectivity index (χ2n) is 10.3. The molecule has 42 heavy (non-hydrogen) atoms. The fourth-order valence-electron chi connectivity index (χ4n) is 4.54.